The van der Waals surface area contributed by atoms with E-state index in [0.717, 1.165) is 53.5 Å². The standard InChI is InChI=1S/C28H36N4/c1-25(2)13-17-10-22-27(5,6)15-19(31-22)12-24-28(7,8)16-20(32-24)11-23-26(3,4)14-18(30-23)9-21(25)29-17/h9-13,30H,14-16H2,1-8H3/b18-9-,22-10-,23-11?,24-12?. The molecule has 0 aromatic heterocycles. The summed E-state index contributed by atoms with van der Waals surface area (Å²) >= 11 is 0. The Balaban J connectivity index is 1.70. The molecule has 1 fully saturated rings. The van der Waals surface area contributed by atoms with Gasteiger partial charge in [-0.2, -0.15) is 0 Å². The van der Waals surface area contributed by atoms with Crippen LogP contribution in [0.4, 0.5) is 0 Å². The maximum absolute atomic E-state index is 5.09. The second-order valence-corrected chi connectivity index (χ2v) is 12.6. The zero-order valence-corrected chi connectivity index (χ0v) is 20.8. The molecule has 0 saturated carbocycles. The highest BCUT2D eigenvalue weighted by Gasteiger charge is 2.38. The molecule has 0 unspecified atom stereocenters. The summed E-state index contributed by atoms with van der Waals surface area (Å²) in [5.74, 6) is 0. The van der Waals surface area contributed by atoms with Crippen molar-refractivity contribution in [3.05, 3.63) is 58.9 Å². The topological polar surface area (TPSA) is 49.1 Å². The van der Waals surface area contributed by atoms with E-state index in [2.05, 4.69) is 91.1 Å². The van der Waals surface area contributed by atoms with Crippen LogP contribution in [0.5, 0.6) is 0 Å². The SMILES string of the molecule is CC1(C)C=C2/C=C3\N=C(C=C4N=C(C=C5N/C(=C\C1=N2)CC5(C)C)CC4(C)C)CC3(C)C. The van der Waals surface area contributed by atoms with Gasteiger partial charge in [0.25, 0.3) is 0 Å². The highest BCUT2D eigenvalue weighted by molar-refractivity contribution is 6.05. The molecule has 0 aromatic rings. The highest BCUT2D eigenvalue weighted by Crippen LogP contribution is 2.45. The normalized spacial score (nSPS) is 31.8. The van der Waals surface area contributed by atoms with E-state index in [1.165, 1.54) is 11.4 Å². The molecule has 0 spiro atoms. The van der Waals surface area contributed by atoms with Crippen molar-refractivity contribution < 1.29 is 0 Å². The van der Waals surface area contributed by atoms with Gasteiger partial charge in [-0.15, -0.1) is 0 Å². The first-order chi connectivity index (χ1) is 14.7. The third kappa shape index (κ3) is 3.58. The first-order valence-corrected chi connectivity index (χ1v) is 11.8. The quantitative estimate of drug-likeness (QED) is 0.461. The van der Waals surface area contributed by atoms with Gasteiger partial charge in [0.2, 0.25) is 0 Å². The van der Waals surface area contributed by atoms with Crippen LogP contribution >= 0.6 is 0 Å². The van der Waals surface area contributed by atoms with Gasteiger partial charge in [-0.1, -0.05) is 55.4 Å². The lowest BCUT2D eigenvalue weighted by atomic mass is 9.82. The van der Waals surface area contributed by atoms with E-state index >= 15 is 0 Å². The summed E-state index contributed by atoms with van der Waals surface area (Å²) in [6.07, 6.45) is 14.1. The van der Waals surface area contributed by atoms with Crippen LogP contribution in [0, 0.1) is 21.7 Å². The van der Waals surface area contributed by atoms with Gasteiger partial charge < -0.3 is 5.32 Å². The summed E-state index contributed by atoms with van der Waals surface area (Å²) in [6.45, 7) is 18.2. The van der Waals surface area contributed by atoms with Crippen LogP contribution in [0.3, 0.4) is 0 Å². The second-order valence-electron chi connectivity index (χ2n) is 12.6. The molecule has 168 valence electrons. The maximum atomic E-state index is 5.09. The summed E-state index contributed by atoms with van der Waals surface area (Å²) in [5.41, 5.74) is 9.08. The van der Waals surface area contributed by atoms with Crippen molar-refractivity contribution >= 4 is 17.1 Å². The Labute approximate surface area is 192 Å². The van der Waals surface area contributed by atoms with Gasteiger partial charge in [-0.05, 0) is 36.8 Å². The van der Waals surface area contributed by atoms with E-state index < -0.39 is 0 Å². The van der Waals surface area contributed by atoms with Crippen molar-refractivity contribution in [3.8, 4) is 0 Å². The zero-order valence-electron chi connectivity index (χ0n) is 20.8. The number of hydrogen-bond donors (Lipinski definition) is 1. The fourth-order valence-corrected chi connectivity index (χ4v) is 5.36. The lowest BCUT2D eigenvalue weighted by molar-refractivity contribution is 0.475. The smallest absolute Gasteiger partial charge is 0.0621 e. The number of hydrogen-bond acceptors (Lipinski definition) is 4. The van der Waals surface area contributed by atoms with Gasteiger partial charge in [-0.25, -0.2) is 0 Å². The number of nitrogens with one attached hydrogen (secondary N) is 1. The average Bonchev–Trinajstić information content (AvgIpc) is 3.25. The van der Waals surface area contributed by atoms with Crippen molar-refractivity contribution in [1.82, 2.24) is 5.32 Å². The van der Waals surface area contributed by atoms with Crippen LogP contribution in [0.2, 0.25) is 0 Å². The molecule has 5 aliphatic heterocycles. The Hall–Kier alpha value is -2.49. The fourth-order valence-electron chi connectivity index (χ4n) is 5.36. The van der Waals surface area contributed by atoms with Crippen molar-refractivity contribution in [2.24, 2.45) is 36.6 Å². The van der Waals surface area contributed by atoms with Gasteiger partial charge in [0.05, 0.1) is 11.4 Å². The Kier molecular flexibility index (Phi) is 4.35. The van der Waals surface area contributed by atoms with E-state index in [0.29, 0.717) is 0 Å². The lowest BCUT2D eigenvalue weighted by Crippen LogP contribution is -2.18. The number of allylic oxidation sites excluding steroid dienone is 9. The molecule has 4 heteroatoms. The third-order valence-electron chi connectivity index (χ3n) is 7.45. The van der Waals surface area contributed by atoms with Crippen LogP contribution in [-0.2, 0) is 0 Å². The van der Waals surface area contributed by atoms with Gasteiger partial charge in [0.1, 0.15) is 0 Å². The molecule has 0 aliphatic carbocycles. The number of fused-ring (bicyclic) bond motifs is 5. The molecule has 0 amide bonds. The molecule has 1 N–H and O–H groups in total. The minimum Gasteiger partial charge on any atom is -0.362 e. The second kappa shape index (κ2) is 6.52. The predicted octanol–water partition coefficient (Wildman–Crippen LogP) is 6.66. The van der Waals surface area contributed by atoms with Crippen molar-refractivity contribution in [2.75, 3.05) is 0 Å². The summed E-state index contributed by atoms with van der Waals surface area (Å²) in [4.78, 5) is 15.2. The van der Waals surface area contributed by atoms with E-state index in [1.54, 1.807) is 0 Å². The lowest BCUT2D eigenvalue weighted by Gasteiger charge is -2.20. The number of rotatable bonds is 0. The molecule has 4 nitrogen and oxygen atoms in total. The van der Waals surface area contributed by atoms with Crippen LogP contribution < -0.4 is 5.32 Å². The highest BCUT2D eigenvalue weighted by atomic mass is 15.0. The molecule has 8 bridgehead atoms. The van der Waals surface area contributed by atoms with Gasteiger partial charge >= 0.3 is 0 Å². The molecule has 0 aromatic carbocycles. The monoisotopic (exact) mass is 428 g/mol. The third-order valence-corrected chi connectivity index (χ3v) is 7.45. The number of nitrogens with zero attached hydrogens (tertiary/aromatic N) is 3. The number of aliphatic imine (C=N–C) groups is 3. The van der Waals surface area contributed by atoms with Crippen LogP contribution in [0.15, 0.2) is 73.8 Å². The molecule has 1 saturated heterocycles. The molecule has 5 rings (SSSR count). The molecule has 0 radical (unpaired) electrons. The molecule has 5 aliphatic rings. The summed E-state index contributed by atoms with van der Waals surface area (Å²) < 4.78 is 0. The predicted molar refractivity (Wildman–Crippen MR) is 135 cm³/mol. The minimum absolute atomic E-state index is 0.00993. The summed E-state index contributed by atoms with van der Waals surface area (Å²) in [7, 11) is 0. The van der Waals surface area contributed by atoms with E-state index in [9.17, 15) is 0 Å². The Morgan fingerprint density at radius 2 is 1.25 bits per heavy atom. The Morgan fingerprint density at radius 3 is 1.91 bits per heavy atom. The van der Waals surface area contributed by atoms with E-state index in [4.69, 9.17) is 15.0 Å². The Morgan fingerprint density at radius 1 is 0.656 bits per heavy atom. The van der Waals surface area contributed by atoms with Crippen molar-refractivity contribution in [1.29, 1.82) is 0 Å². The minimum atomic E-state index is -0.101. The zero-order chi connectivity index (χ0) is 23.1. The maximum Gasteiger partial charge on any atom is 0.0621 e. The van der Waals surface area contributed by atoms with Gasteiger partial charge in [0, 0.05) is 68.7 Å². The van der Waals surface area contributed by atoms with E-state index in [-0.39, 0.29) is 21.7 Å². The summed E-state index contributed by atoms with van der Waals surface area (Å²) in [6, 6.07) is 0. The van der Waals surface area contributed by atoms with Crippen molar-refractivity contribution in [2.45, 2.75) is 74.7 Å². The largest absolute Gasteiger partial charge is 0.362 e. The van der Waals surface area contributed by atoms with Crippen LogP contribution in [0.25, 0.3) is 0 Å². The summed E-state index contributed by atoms with van der Waals surface area (Å²) in [5, 5.41) is 3.72. The van der Waals surface area contributed by atoms with Crippen molar-refractivity contribution in [3.63, 3.8) is 0 Å². The van der Waals surface area contributed by atoms with Gasteiger partial charge in [-0.3, -0.25) is 15.0 Å². The molecular formula is C28H36N4. The first kappa shape index (κ1) is 21.4. The molecule has 0 atom stereocenters. The molecular weight excluding hydrogens is 392 g/mol. The van der Waals surface area contributed by atoms with Crippen LogP contribution in [0.1, 0.15) is 74.7 Å². The van der Waals surface area contributed by atoms with Gasteiger partial charge in [0.15, 0.2) is 0 Å². The molecule has 5 heterocycles. The Bertz CT molecular complexity index is 1150. The van der Waals surface area contributed by atoms with E-state index in [1.807, 2.05) is 0 Å². The average molecular weight is 429 g/mol. The fraction of sp³-hybridized carbons (Fsp3) is 0.536. The molecule has 32 heavy (non-hydrogen) atoms. The first-order valence-electron chi connectivity index (χ1n) is 11.8. The van der Waals surface area contributed by atoms with Crippen LogP contribution in [-0.4, -0.2) is 17.1 Å².